The molecule has 0 bridgehead atoms. The summed E-state index contributed by atoms with van der Waals surface area (Å²) in [6.45, 7) is 3.77. The van der Waals surface area contributed by atoms with Crippen LogP contribution in [-0.4, -0.2) is 20.8 Å². The first-order valence-corrected chi connectivity index (χ1v) is 9.79. The third-order valence-electron chi connectivity index (χ3n) is 5.65. The van der Waals surface area contributed by atoms with E-state index in [1.165, 1.54) is 35.5 Å². The Morgan fingerprint density at radius 2 is 1.75 bits per heavy atom. The van der Waals surface area contributed by atoms with E-state index in [4.69, 9.17) is 4.42 Å². The molecule has 0 aliphatic carbocycles. The molecular weight excluding hydrogens is 412 g/mol. The van der Waals surface area contributed by atoms with Crippen LogP contribution >= 0.6 is 0 Å². The zero-order valence-corrected chi connectivity index (χ0v) is 17.1. The van der Waals surface area contributed by atoms with Gasteiger partial charge in [-0.05, 0) is 48.7 Å². The third-order valence-corrected chi connectivity index (χ3v) is 5.65. The van der Waals surface area contributed by atoms with Gasteiger partial charge in [0.2, 0.25) is 11.7 Å². The van der Waals surface area contributed by atoms with Gasteiger partial charge in [-0.2, -0.15) is 0 Å². The number of aromatic nitrogens is 2. The van der Waals surface area contributed by atoms with Gasteiger partial charge in [0.1, 0.15) is 5.58 Å². The SMILES string of the molecule is Cc1cc2oc3c(c(=O)c2cc1C)C(c1cccc([N+](=O)[O-])c1)N(c1ncccn1)C3=O. The maximum absolute atomic E-state index is 13.6. The topological polar surface area (TPSA) is 119 Å². The van der Waals surface area contributed by atoms with Crippen molar-refractivity contribution in [1.29, 1.82) is 0 Å². The number of nitro benzene ring substituents is 1. The summed E-state index contributed by atoms with van der Waals surface area (Å²) in [7, 11) is 0. The average molecular weight is 428 g/mol. The molecule has 9 nitrogen and oxygen atoms in total. The van der Waals surface area contributed by atoms with E-state index in [9.17, 15) is 19.7 Å². The van der Waals surface area contributed by atoms with Crippen LogP contribution in [0.5, 0.6) is 0 Å². The van der Waals surface area contributed by atoms with Gasteiger partial charge in [-0.25, -0.2) is 9.97 Å². The van der Waals surface area contributed by atoms with Gasteiger partial charge in [-0.15, -0.1) is 0 Å². The van der Waals surface area contributed by atoms with Crippen LogP contribution in [-0.2, 0) is 0 Å². The number of non-ortho nitro benzene ring substituents is 1. The van der Waals surface area contributed by atoms with Crippen molar-refractivity contribution >= 4 is 28.5 Å². The summed E-state index contributed by atoms with van der Waals surface area (Å²) >= 11 is 0. The molecule has 0 saturated heterocycles. The molecule has 4 aromatic rings. The minimum atomic E-state index is -0.970. The van der Waals surface area contributed by atoms with Crippen LogP contribution in [0.4, 0.5) is 11.6 Å². The number of carbonyl (C=O) groups excluding carboxylic acids is 1. The monoisotopic (exact) mass is 428 g/mol. The molecule has 1 aliphatic heterocycles. The van der Waals surface area contributed by atoms with Crippen LogP contribution in [0.15, 0.2) is 64.1 Å². The van der Waals surface area contributed by atoms with Crippen LogP contribution in [0.2, 0.25) is 0 Å². The fourth-order valence-electron chi connectivity index (χ4n) is 3.97. The molecule has 0 fully saturated rings. The fourth-order valence-corrected chi connectivity index (χ4v) is 3.97. The second-order valence-electron chi connectivity index (χ2n) is 7.59. The number of nitrogens with zero attached hydrogens (tertiary/aromatic N) is 4. The van der Waals surface area contributed by atoms with Crippen LogP contribution in [0.1, 0.15) is 38.9 Å². The highest BCUT2D eigenvalue weighted by Gasteiger charge is 2.45. The number of nitro groups is 1. The Morgan fingerprint density at radius 1 is 1.03 bits per heavy atom. The lowest BCUT2D eigenvalue weighted by Crippen LogP contribution is -2.31. The summed E-state index contributed by atoms with van der Waals surface area (Å²) in [6.07, 6.45) is 2.95. The zero-order valence-electron chi connectivity index (χ0n) is 17.1. The minimum absolute atomic E-state index is 0.0659. The number of anilines is 1. The van der Waals surface area contributed by atoms with Gasteiger partial charge in [0, 0.05) is 24.5 Å². The van der Waals surface area contributed by atoms with Crippen molar-refractivity contribution in [3.8, 4) is 0 Å². The first-order chi connectivity index (χ1) is 15.4. The molecule has 9 heteroatoms. The second-order valence-corrected chi connectivity index (χ2v) is 7.59. The Hall–Kier alpha value is -4.40. The number of hydrogen-bond donors (Lipinski definition) is 0. The van der Waals surface area contributed by atoms with Gasteiger partial charge in [0.15, 0.2) is 5.43 Å². The maximum atomic E-state index is 13.6. The van der Waals surface area contributed by atoms with Crippen molar-refractivity contribution in [3.63, 3.8) is 0 Å². The summed E-state index contributed by atoms with van der Waals surface area (Å²) in [5, 5.41) is 11.7. The van der Waals surface area contributed by atoms with E-state index in [0.29, 0.717) is 16.5 Å². The van der Waals surface area contributed by atoms with E-state index >= 15 is 0 Å². The highest BCUT2D eigenvalue weighted by Crippen LogP contribution is 2.40. The standard InChI is InChI=1S/C23H16N4O5/c1-12-9-16-17(10-13(12)2)32-21-18(20(16)28)19(14-5-3-6-15(11-14)27(30)31)26(22(21)29)23-24-7-4-8-25-23/h3-11,19H,1-2H3. The molecule has 0 radical (unpaired) electrons. The minimum Gasteiger partial charge on any atom is -0.450 e. The summed E-state index contributed by atoms with van der Waals surface area (Å²) in [4.78, 5) is 47.4. The van der Waals surface area contributed by atoms with E-state index < -0.39 is 16.9 Å². The van der Waals surface area contributed by atoms with Crippen LogP contribution in [0.25, 0.3) is 11.0 Å². The number of aryl methyl sites for hydroxylation is 2. The number of hydrogen-bond acceptors (Lipinski definition) is 7. The second kappa shape index (κ2) is 7.09. The molecule has 32 heavy (non-hydrogen) atoms. The lowest BCUT2D eigenvalue weighted by molar-refractivity contribution is -0.384. The molecule has 0 spiro atoms. The molecule has 1 amide bonds. The predicted molar refractivity (Wildman–Crippen MR) is 116 cm³/mol. The maximum Gasteiger partial charge on any atom is 0.297 e. The molecular formula is C23H16N4O5. The number of fused-ring (bicyclic) bond motifs is 2. The van der Waals surface area contributed by atoms with E-state index in [0.717, 1.165) is 11.1 Å². The molecule has 5 rings (SSSR count). The van der Waals surface area contributed by atoms with Crippen LogP contribution in [0, 0.1) is 24.0 Å². The third kappa shape index (κ3) is 2.86. The Labute approximate surface area is 181 Å². The molecule has 2 aromatic carbocycles. The van der Waals surface area contributed by atoms with E-state index in [1.54, 1.807) is 24.3 Å². The lowest BCUT2D eigenvalue weighted by Gasteiger charge is -2.22. The van der Waals surface area contributed by atoms with Gasteiger partial charge in [-0.1, -0.05) is 12.1 Å². The summed E-state index contributed by atoms with van der Waals surface area (Å²) < 4.78 is 5.93. The average Bonchev–Trinajstić information content (AvgIpc) is 3.08. The fraction of sp³-hybridized carbons (Fsp3) is 0.130. The predicted octanol–water partition coefficient (Wildman–Crippen LogP) is 3.86. The number of amides is 1. The Kier molecular flexibility index (Phi) is 4.33. The summed E-state index contributed by atoms with van der Waals surface area (Å²) in [6, 6.07) is 9.91. The Morgan fingerprint density at radius 3 is 2.47 bits per heavy atom. The van der Waals surface area contributed by atoms with Gasteiger partial charge in [0.05, 0.1) is 21.9 Å². The van der Waals surface area contributed by atoms with Crippen molar-refractivity contribution in [2.45, 2.75) is 19.9 Å². The van der Waals surface area contributed by atoms with Crippen molar-refractivity contribution in [2.75, 3.05) is 4.90 Å². The van der Waals surface area contributed by atoms with Crippen LogP contribution < -0.4 is 10.3 Å². The molecule has 0 N–H and O–H groups in total. The normalized spacial score (nSPS) is 15.2. The van der Waals surface area contributed by atoms with Gasteiger partial charge < -0.3 is 4.42 Å². The first kappa shape index (κ1) is 19.6. The van der Waals surface area contributed by atoms with Crippen molar-refractivity contribution in [1.82, 2.24) is 9.97 Å². The number of rotatable bonds is 3. The smallest absolute Gasteiger partial charge is 0.297 e. The number of benzene rings is 2. The highest BCUT2D eigenvalue weighted by molar-refractivity contribution is 6.09. The first-order valence-electron chi connectivity index (χ1n) is 9.79. The highest BCUT2D eigenvalue weighted by atomic mass is 16.6. The van der Waals surface area contributed by atoms with E-state index in [1.807, 2.05) is 13.8 Å². The van der Waals surface area contributed by atoms with Crippen molar-refractivity contribution in [3.05, 3.63) is 103 Å². The van der Waals surface area contributed by atoms with Crippen molar-refractivity contribution < 1.29 is 14.1 Å². The van der Waals surface area contributed by atoms with Gasteiger partial charge in [-0.3, -0.25) is 24.6 Å². The largest absolute Gasteiger partial charge is 0.450 e. The molecule has 1 atom stereocenters. The summed E-state index contributed by atoms with van der Waals surface area (Å²) in [5.41, 5.74) is 2.10. The van der Waals surface area contributed by atoms with E-state index in [-0.39, 0.29) is 28.4 Å². The Bertz CT molecular complexity index is 1480. The molecule has 1 aliphatic rings. The Balaban J connectivity index is 1.84. The van der Waals surface area contributed by atoms with Crippen LogP contribution in [0.3, 0.4) is 0 Å². The van der Waals surface area contributed by atoms with Crippen molar-refractivity contribution in [2.24, 2.45) is 0 Å². The molecule has 0 saturated carbocycles. The number of carbonyl (C=O) groups is 1. The quantitative estimate of drug-likeness (QED) is 0.359. The van der Waals surface area contributed by atoms with E-state index in [2.05, 4.69) is 9.97 Å². The molecule has 3 heterocycles. The van der Waals surface area contributed by atoms with Gasteiger partial charge in [0.25, 0.3) is 11.6 Å². The summed E-state index contributed by atoms with van der Waals surface area (Å²) in [5.74, 6) is -0.633. The molecule has 2 aromatic heterocycles. The molecule has 1 unspecified atom stereocenters. The lowest BCUT2D eigenvalue weighted by atomic mass is 9.97. The zero-order chi connectivity index (χ0) is 22.6. The molecule has 158 valence electrons. The van der Waals surface area contributed by atoms with Gasteiger partial charge >= 0.3 is 0 Å².